The molecule has 0 aliphatic heterocycles. The summed E-state index contributed by atoms with van der Waals surface area (Å²) in [6, 6.07) is 62.1. The predicted molar refractivity (Wildman–Crippen MR) is 220 cm³/mol. The van der Waals surface area contributed by atoms with E-state index in [2.05, 4.69) is 118 Å². The van der Waals surface area contributed by atoms with E-state index in [0.29, 0.717) is 0 Å². The Labute approximate surface area is 334 Å². The maximum atomic E-state index is 4.63. The van der Waals surface area contributed by atoms with Crippen LogP contribution in [0.15, 0.2) is 170 Å². The summed E-state index contributed by atoms with van der Waals surface area (Å²) < 4.78 is 2.58. The van der Waals surface area contributed by atoms with Crippen molar-refractivity contribution in [2.75, 3.05) is 0 Å². The van der Waals surface area contributed by atoms with Crippen LogP contribution in [0.1, 0.15) is 22.3 Å². The molecule has 5 aromatic carbocycles. The molecule has 4 heterocycles. The predicted octanol–water partition coefficient (Wildman–Crippen LogP) is 11.9. The van der Waals surface area contributed by atoms with E-state index in [1.165, 1.54) is 42.4 Å². The SMILES string of the molecule is [Ir+3].[c-]1cc(CCc2cccc(CCc3ccc(-c4[c-]cccc4)nc3)c2)ccc1-c1ccccn1.[c-]1ccc2c(sc3ccccc32)c1-c1ccccn1. The summed E-state index contributed by atoms with van der Waals surface area (Å²) >= 11 is 1.81. The quantitative estimate of drug-likeness (QED) is 0.136. The second kappa shape index (κ2) is 18.0. The number of rotatable bonds is 9. The number of aryl methyl sites for hydroxylation is 4. The topological polar surface area (TPSA) is 38.7 Å². The summed E-state index contributed by atoms with van der Waals surface area (Å²) in [4.78, 5) is 13.5. The molecule has 3 nitrogen and oxygen atoms in total. The first-order valence-electron chi connectivity index (χ1n) is 17.9. The van der Waals surface area contributed by atoms with Crippen molar-refractivity contribution in [3.8, 4) is 33.8 Å². The molecule has 9 rings (SSSR count). The van der Waals surface area contributed by atoms with Crippen LogP contribution in [0.25, 0.3) is 53.9 Å². The number of fused-ring (bicyclic) bond motifs is 3. The van der Waals surface area contributed by atoms with Crippen LogP contribution in [0, 0.1) is 18.2 Å². The minimum Gasteiger partial charge on any atom is -0.305 e. The van der Waals surface area contributed by atoms with Gasteiger partial charge in [-0.2, -0.15) is 11.3 Å². The van der Waals surface area contributed by atoms with Crippen molar-refractivity contribution < 1.29 is 20.1 Å². The van der Waals surface area contributed by atoms with Crippen LogP contribution in [0.2, 0.25) is 0 Å². The third-order valence-electron chi connectivity index (χ3n) is 9.28. The van der Waals surface area contributed by atoms with Gasteiger partial charge in [0.15, 0.2) is 0 Å². The normalized spacial score (nSPS) is 10.7. The molecule has 0 spiro atoms. The Morgan fingerprint density at radius 2 is 1.15 bits per heavy atom. The molecule has 0 aliphatic carbocycles. The first-order chi connectivity index (χ1) is 26.3. The Hall–Kier alpha value is -5.58. The summed E-state index contributed by atoms with van der Waals surface area (Å²) in [6.45, 7) is 0. The van der Waals surface area contributed by atoms with Gasteiger partial charge >= 0.3 is 20.1 Å². The molecule has 0 saturated heterocycles. The van der Waals surface area contributed by atoms with Crippen molar-refractivity contribution in [3.63, 3.8) is 0 Å². The number of thiophene rings is 1. The van der Waals surface area contributed by atoms with E-state index in [0.717, 1.165) is 59.5 Å². The first-order valence-corrected chi connectivity index (χ1v) is 18.7. The molecule has 0 bridgehead atoms. The molecule has 54 heavy (non-hydrogen) atoms. The van der Waals surface area contributed by atoms with Crippen LogP contribution in [0.4, 0.5) is 0 Å². The molecule has 0 N–H and O–H groups in total. The molecule has 4 aromatic heterocycles. The zero-order valence-corrected chi connectivity index (χ0v) is 32.8. The smallest absolute Gasteiger partial charge is 0.305 e. The van der Waals surface area contributed by atoms with Crippen LogP contribution >= 0.6 is 11.3 Å². The minimum absolute atomic E-state index is 0. The monoisotopic (exact) mass is 891 g/mol. The van der Waals surface area contributed by atoms with Gasteiger partial charge in [0.25, 0.3) is 0 Å². The second-order valence-electron chi connectivity index (χ2n) is 12.9. The number of aromatic nitrogens is 3. The molecular weight excluding hydrogens is 855 g/mol. The Morgan fingerprint density at radius 1 is 0.463 bits per heavy atom. The number of nitrogens with zero attached hydrogens (tertiary/aromatic N) is 3. The average Bonchev–Trinajstić information content (AvgIpc) is 3.63. The second-order valence-corrected chi connectivity index (χ2v) is 13.9. The zero-order chi connectivity index (χ0) is 35.7. The molecular formula is C49H36IrN3S. The number of hydrogen-bond donors (Lipinski definition) is 0. The van der Waals surface area contributed by atoms with Crippen molar-refractivity contribution in [2.45, 2.75) is 25.7 Å². The third kappa shape index (κ3) is 8.95. The molecule has 0 amide bonds. The number of benzene rings is 5. The van der Waals surface area contributed by atoms with Gasteiger partial charge in [-0.15, -0.1) is 95.1 Å². The van der Waals surface area contributed by atoms with Gasteiger partial charge in [-0.3, -0.25) is 0 Å². The van der Waals surface area contributed by atoms with Gasteiger partial charge in [0.1, 0.15) is 0 Å². The standard InChI is InChI=1S/C32H26N2.C17H10NS.Ir/c1-2-9-29(10-3-1)32-21-18-28(24-34-32)15-14-27-8-6-7-26(23-27)13-12-25-16-19-30(20-17-25)31-11-4-5-22-33-31;1-2-10-16-12(6-1)13-7-5-8-14(17(13)19-16)15-9-3-4-11-18-15;/h1-9,11,16-19,21-24H,12-15H2;1-7,9-11H;/q-2;-1;+3. The van der Waals surface area contributed by atoms with E-state index >= 15 is 0 Å². The van der Waals surface area contributed by atoms with Crippen molar-refractivity contribution in [1.82, 2.24) is 15.0 Å². The molecule has 262 valence electrons. The van der Waals surface area contributed by atoms with Gasteiger partial charge in [-0.1, -0.05) is 90.7 Å². The Balaban J connectivity index is 0.000000190. The molecule has 0 radical (unpaired) electrons. The van der Waals surface area contributed by atoms with Crippen LogP contribution in [0.5, 0.6) is 0 Å². The van der Waals surface area contributed by atoms with Gasteiger partial charge in [0.05, 0.1) is 0 Å². The van der Waals surface area contributed by atoms with Crippen LogP contribution in [-0.2, 0) is 45.8 Å². The van der Waals surface area contributed by atoms with Gasteiger partial charge < -0.3 is 15.0 Å². The van der Waals surface area contributed by atoms with Gasteiger partial charge in [0.2, 0.25) is 0 Å². The van der Waals surface area contributed by atoms with Gasteiger partial charge in [0, 0.05) is 23.3 Å². The zero-order valence-electron chi connectivity index (χ0n) is 29.6. The third-order valence-corrected chi connectivity index (χ3v) is 10.5. The minimum atomic E-state index is 0. The van der Waals surface area contributed by atoms with E-state index in [9.17, 15) is 0 Å². The van der Waals surface area contributed by atoms with Crippen LogP contribution < -0.4 is 0 Å². The average molecular weight is 891 g/mol. The van der Waals surface area contributed by atoms with E-state index in [1.807, 2.05) is 96.7 Å². The number of pyridine rings is 3. The number of hydrogen-bond acceptors (Lipinski definition) is 4. The first kappa shape index (κ1) is 36.8. The Morgan fingerprint density at radius 3 is 1.85 bits per heavy atom. The van der Waals surface area contributed by atoms with Crippen molar-refractivity contribution in [2.24, 2.45) is 0 Å². The molecule has 0 aliphatic rings. The van der Waals surface area contributed by atoms with E-state index in [-0.39, 0.29) is 20.1 Å². The fraction of sp³-hybridized carbons (Fsp3) is 0.0816. The van der Waals surface area contributed by atoms with Crippen molar-refractivity contribution in [3.05, 3.63) is 211 Å². The van der Waals surface area contributed by atoms with Crippen LogP contribution in [-0.4, -0.2) is 15.0 Å². The van der Waals surface area contributed by atoms with E-state index in [4.69, 9.17) is 0 Å². The molecule has 5 heteroatoms. The van der Waals surface area contributed by atoms with Gasteiger partial charge in [-0.25, -0.2) is 0 Å². The Kier molecular flexibility index (Phi) is 12.2. The molecule has 0 saturated carbocycles. The molecule has 0 atom stereocenters. The van der Waals surface area contributed by atoms with E-state index in [1.54, 1.807) is 0 Å². The maximum Gasteiger partial charge on any atom is 3.00 e. The van der Waals surface area contributed by atoms with E-state index < -0.39 is 0 Å². The molecule has 0 unspecified atom stereocenters. The summed E-state index contributed by atoms with van der Waals surface area (Å²) in [6.07, 6.45) is 9.66. The fourth-order valence-corrected chi connectivity index (χ4v) is 7.70. The summed E-state index contributed by atoms with van der Waals surface area (Å²) in [7, 11) is 0. The van der Waals surface area contributed by atoms with Crippen molar-refractivity contribution in [1.29, 1.82) is 0 Å². The van der Waals surface area contributed by atoms with Gasteiger partial charge in [-0.05, 0) is 81.3 Å². The summed E-state index contributed by atoms with van der Waals surface area (Å²) in [5, 5.41) is 2.61. The summed E-state index contributed by atoms with van der Waals surface area (Å²) in [5.74, 6) is 0. The fourth-order valence-electron chi connectivity index (χ4n) is 6.49. The van der Waals surface area contributed by atoms with Crippen LogP contribution in [0.3, 0.4) is 0 Å². The Bertz CT molecular complexity index is 2430. The van der Waals surface area contributed by atoms with Crippen molar-refractivity contribution >= 4 is 31.5 Å². The maximum absolute atomic E-state index is 4.63. The molecule has 0 fully saturated rings. The summed E-state index contributed by atoms with van der Waals surface area (Å²) in [5.41, 5.74) is 11.4. The molecule has 9 aromatic rings. The largest absolute Gasteiger partial charge is 3.00 e.